The zero-order chi connectivity index (χ0) is 29.7. The maximum absolute atomic E-state index is 14.9. The van der Waals surface area contributed by atoms with Gasteiger partial charge in [-0.05, 0) is 64.2 Å². The number of carbonyl (C=O) groups excluding carboxylic acids is 3. The van der Waals surface area contributed by atoms with E-state index in [0.717, 1.165) is 25.7 Å². The van der Waals surface area contributed by atoms with E-state index in [1.165, 1.54) is 0 Å². The first-order valence-corrected chi connectivity index (χ1v) is 15.9. The molecule has 4 heterocycles. The Morgan fingerprint density at radius 1 is 1.05 bits per heavy atom. The van der Waals surface area contributed by atoms with Gasteiger partial charge in [0.2, 0.25) is 11.8 Å². The highest BCUT2D eigenvalue weighted by molar-refractivity contribution is 8.02. The number of amides is 2. The van der Waals surface area contributed by atoms with Crippen LogP contribution < -0.4 is 0 Å². The second-order valence-electron chi connectivity index (χ2n) is 14.7. The molecule has 0 saturated carbocycles. The molecule has 1 N–H and O–H groups in total. The summed E-state index contributed by atoms with van der Waals surface area (Å²) in [5, 5.41) is 10.6. The van der Waals surface area contributed by atoms with Crippen LogP contribution in [-0.2, 0) is 19.1 Å². The van der Waals surface area contributed by atoms with E-state index in [4.69, 9.17) is 4.74 Å². The lowest BCUT2D eigenvalue weighted by atomic mass is 9.74. The standard InChI is InChI=1S/C32H50N2O5S/c1-21(2)18-22(19-35)34-25-27(37)33(30(6,7)20-29(3,4)5)16-13-15-32(25)23(26(34)36)24-28(38)39-17-12-10-9-11-14-31(24,8)40-32/h11,13-15,21-25,35H,9-10,12,16-20H2,1-8H3/b14-11-/t22-,23+,24+,25?,31-,32+/m1/s1. The molecular formula is C32H50N2O5S. The zero-order valence-corrected chi connectivity index (χ0v) is 26.6. The van der Waals surface area contributed by atoms with Crippen LogP contribution in [0.2, 0.25) is 0 Å². The number of likely N-dealkylation sites (tertiary alicyclic amines) is 1. The average molecular weight is 575 g/mol. The second kappa shape index (κ2) is 11.1. The lowest BCUT2D eigenvalue weighted by Gasteiger charge is -2.46. The van der Waals surface area contributed by atoms with Crippen molar-refractivity contribution in [2.24, 2.45) is 23.2 Å². The molecule has 40 heavy (non-hydrogen) atoms. The van der Waals surface area contributed by atoms with Crippen molar-refractivity contribution in [3.8, 4) is 0 Å². The van der Waals surface area contributed by atoms with E-state index in [-0.39, 0.29) is 35.7 Å². The van der Waals surface area contributed by atoms with Crippen molar-refractivity contribution < 1.29 is 24.2 Å². The first-order valence-electron chi connectivity index (χ1n) is 15.0. The van der Waals surface area contributed by atoms with Gasteiger partial charge in [-0.2, -0.15) is 0 Å². The van der Waals surface area contributed by atoms with E-state index >= 15 is 0 Å². The predicted molar refractivity (Wildman–Crippen MR) is 160 cm³/mol. The molecular weight excluding hydrogens is 524 g/mol. The molecule has 6 atom stereocenters. The SMILES string of the molecule is CC(C)C[C@H](CO)N1C(=O)[C@@H]2[C@H]3C(=O)OCCCC/C=C\[C@@]3(C)S[C@@]23C=CCN(C(C)(C)CC(C)(C)C)C(=O)C13. The van der Waals surface area contributed by atoms with Gasteiger partial charge in [0.25, 0.3) is 0 Å². The number of thioether (sulfide) groups is 1. The molecule has 0 aliphatic carbocycles. The minimum absolute atomic E-state index is 0.0108. The minimum Gasteiger partial charge on any atom is -0.465 e. The topological polar surface area (TPSA) is 87.2 Å². The smallest absolute Gasteiger partial charge is 0.311 e. The number of esters is 1. The fraction of sp³-hybridized carbons (Fsp3) is 0.781. The van der Waals surface area contributed by atoms with Crippen LogP contribution in [0.3, 0.4) is 0 Å². The highest BCUT2D eigenvalue weighted by atomic mass is 32.2. The van der Waals surface area contributed by atoms with Gasteiger partial charge in [-0.15, -0.1) is 11.8 Å². The molecule has 1 spiro atoms. The average Bonchev–Trinajstić information content (AvgIpc) is 3.15. The third-order valence-electron chi connectivity index (χ3n) is 8.98. The van der Waals surface area contributed by atoms with Gasteiger partial charge >= 0.3 is 5.97 Å². The number of ether oxygens (including phenoxy) is 1. The van der Waals surface area contributed by atoms with Crippen molar-refractivity contribution in [1.82, 2.24) is 9.80 Å². The van der Waals surface area contributed by atoms with Gasteiger partial charge < -0.3 is 19.6 Å². The normalized spacial score (nSPS) is 34.8. The second-order valence-corrected chi connectivity index (χ2v) is 16.5. The molecule has 4 aliphatic rings. The number of cyclic esters (lactones) is 1. The van der Waals surface area contributed by atoms with Crippen molar-refractivity contribution in [2.75, 3.05) is 19.8 Å². The van der Waals surface area contributed by atoms with Crippen molar-refractivity contribution in [3.63, 3.8) is 0 Å². The number of rotatable bonds is 6. The molecule has 4 rings (SSSR count). The van der Waals surface area contributed by atoms with Crippen LogP contribution in [-0.4, -0.2) is 79.6 Å². The lowest BCUT2D eigenvalue weighted by Crippen LogP contribution is -2.60. The first kappa shape index (κ1) is 31.1. The summed E-state index contributed by atoms with van der Waals surface area (Å²) in [6.45, 7) is 17.4. The van der Waals surface area contributed by atoms with Crippen LogP contribution in [0.5, 0.6) is 0 Å². The first-order chi connectivity index (χ1) is 18.6. The number of aliphatic hydroxyl groups excluding tert-OH is 1. The number of fused-ring (bicyclic) bond motifs is 2. The van der Waals surface area contributed by atoms with Gasteiger partial charge in [0.05, 0.1) is 35.8 Å². The molecule has 2 saturated heterocycles. The number of aliphatic hydroxyl groups is 1. The minimum atomic E-state index is -0.943. The molecule has 4 aliphatic heterocycles. The van der Waals surface area contributed by atoms with Crippen LogP contribution in [0.4, 0.5) is 0 Å². The Balaban J connectivity index is 1.89. The van der Waals surface area contributed by atoms with Gasteiger partial charge in [0.15, 0.2) is 0 Å². The summed E-state index contributed by atoms with van der Waals surface area (Å²) in [5.74, 6) is -1.95. The Labute approximate surface area is 245 Å². The Morgan fingerprint density at radius 2 is 1.75 bits per heavy atom. The molecule has 0 aromatic carbocycles. The summed E-state index contributed by atoms with van der Waals surface area (Å²) in [5.41, 5.74) is -0.475. The van der Waals surface area contributed by atoms with E-state index in [1.807, 2.05) is 17.9 Å². The quantitative estimate of drug-likeness (QED) is 0.356. The highest BCUT2D eigenvalue weighted by Crippen LogP contribution is 2.65. The van der Waals surface area contributed by atoms with Gasteiger partial charge in [0.1, 0.15) is 6.04 Å². The third kappa shape index (κ3) is 5.51. The molecule has 0 aromatic rings. The number of carbonyl (C=O) groups is 3. The van der Waals surface area contributed by atoms with Crippen molar-refractivity contribution in [1.29, 1.82) is 0 Å². The summed E-state index contributed by atoms with van der Waals surface area (Å²) in [4.78, 5) is 46.8. The molecule has 2 amide bonds. The van der Waals surface area contributed by atoms with Gasteiger partial charge in [-0.3, -0.25) is 14.4 Å². The number of hydrogen-bond donors (Lipinski definition) is 1. The highest BCUT2D eigenvalue weighted by Gasteiger charge is 2.74. The van der Waals surface area contributed by atoms with E-state index in [2.05, 4.69) is 66.7 Å². The Kier molecular flexibility index (Phi) is 8.66. The van der Waals surface area contributed by atoms with Crippen LogP contribution in [0, 0.1) is 23.2 Å². The maximum atomic E-state index is 14.9. The molecule has 2 fully saturated rings. The maximum Gasteiger partial charge on any atom is 0.311 e. The number of nitrogens with zero attached hydrogens (tertiary/aromatic N) is 2. The van der Waals surface area contributed by atoms with E-state index in [9.17, 15) is 19.5 Å². The summed E-state index contributed by atoms with van der Waals surface area (Å²) >= 11 is 1.57. The predicted octanol–water partition coefficient (Wildman–Crippen LogP) is 4.98. The van der Waals surface area contributed by atoms with E-state index in [0.29, 0.717) is 19.6 Å². The summed E-state index contributed by atoms with van der Waals surface area (Å²) in [6.07, 6.45) is 12.2. The molecule has 1 unspecified atom stereocenters. The van der Waals surface area contributed by atoms with E-state index in [1.54, 1.807) is 16.7 Å². The van der Waals surface area contributed by atoms with E-state index < -0.39 is 39.0 Å². The molecule has 8 heteroatoms. The van der Waals surface area contributed by atoms with Crippen LogP contribution >= 0.6 is 11.8 Å². The van der Waals surface area contributed by atoms with Gasteiger partial charge in [-0.25, -0.2) is 0 Å². The Morgan fingerprint density at radius 3 is 2.38 bits per heavy atom. The van der Waals surface area contributed by atoms with Crippen molar-refractivity contribution in [2.45, 2.75) is 115 Å². The monoisotopic (exact) mass is 574 g/mol. The zero-order valence-electron chi connectivity index (χ0n) is 25.7. The lowest BCUT2D eigenvalue weighted by molar-refractivity contribution is -0.155. The number of allylic oxidation sites excluding steroid dienone is 1. The fourth-order valence-electron chi connectivity index (χ4n) is 7.89. The fourth-order valence-corrected chi connectivity index (χ4v) is 10.0. The number of hydrogen-bond acceptors (Lipinski definition) is 6. The van der Waals surface area contributed by atoms with Gasteiger partial charge in [0, 0.05) is 16.8 Å². The summed E-state index contributed by atoms with van der Waals surface area (Å²) in [6, 6.07) is -1.33. The molecule has 0 radical (unpaired) electrons. The summed E-state index contributed by atoms with van der Waals surface area (Å²) < 4.78 is 4.14. The molecule has 0 bridgehead atoms. The third-order valence-corrected chi connectivity index (χ3v) is 10.8. The molecule has 7 nitrogen and oxygen atoms in total. The van der Waals surface area contributed by atoms with Crippen molar-refractivity contribution >= 4 is 29.5 Å². The largest absolute Gasteiger partial charge is 0.465 e. The van der Waals surface area contributed by atoms with Gasteiger partial charge in [-0.1, -0.05) is 58.9 Å². The molecule has 0 aromatic heterocycles. The van der Waals surface area contributed by atoms with Crippen molar-refractivity contribution in [3.05, 3.63) is 24.3 Å². The van der Waals surface area contributed by atoms with Crippen LogP contribution in [0.25, 0.3) is 0 Å². The summed E-state index contributed by atoms with van der Waals surface area (Å²) in [7, 11) is 0. The Hall–Kier alpha value is -1.80. The Bertz CT molecular complexity index is 1060. The van der Waals surface area contributed by atoms with Crippen LogP contribution in [0.1, 0.15) is 87.5 Å². The molecule has 224 valence electrons. The van der Waals surface area contributed by atoms with Crippen LogP contribution in [0.15, 0.2) is 24.3 Å².